The van der Waals surface area contributed by atoms with Crippen LogP contribution in [0.3, 0.4) is 0 Å². The lowest BCUT2D eigenvalue weighted by molar-refractivity contribution is -0.152. The van der Waals surface area contributed by atoms with Crippen molar-refractivity contribution in [3.8, 4) is 0 Å². The number of hydrogen-bond acceptors (Lipinski definition) is 4. The molecule has 0 aliphatic carbocycles. The fourth-order valence-corrected chi connectivity index (χ4v) is 3.29. The van der Waals surface area contributed by atoms with Crippen molar-refractivity contribution in [3.63, 3.8) is 0 Å². The summed E-state index contributed by atoms with van der Waals surface area (Å²) in [5.41, 5.74) is 0.945. The summed E-state index contributed by atoms with van der Waals surface area (Å²) in [6.45, 7) is 0. The summed E-state index contributed by atoms with van der Waals surface area (Å²) in [7, 11) is 0. The van der Waals surface area contributed by atoms with Gasteiger partial charge in [-0.1, -0.05) is 41.9 Å². The van der Waals surface area contributed by atoms with Gasteiger partial charge in [0.25, 0.3) is 5.91 Å². The molecule has 3 rings (SSSR count). The van der Waals surface area contributed by atoms with Crippen molar-refractivity contribution >= 4 is 40.9 Å². The summed E-state index contributed by atoms with van der Waals surface area (Å²) in [5.74, 6) is -1.43. The van der Waals surface area contributed by atoms with Gasteiger partial charge >= 0.3 is 5.97 Å². The number of nitrogens with one attached hydrogen (secondary N) is 1. The maximum Gasteiger partial charge on any atom is 0.317 e. The SMILES string of the molecule is O=C(CSc1ccc(Cl)cc1)OC(C(=O)Nc1ccc(F)cc1)c1ccccc1. The number of rotatable bonds is 7. The van der Waals surface area contributed by atoms with Crippen LogP contribution in [0.5, 0.6) is 0 Å². The molecule has 0 aromatic heterocycles. The van der Waals surface area contributed by atoms with Gasteiger partial charge in [0.15, 0.2) is 0 Å². The van der Waals surface area contributed by atoms with Crippen LogP contribution in [0.2, 0.25) is 5.02 Å². The zero-order chi connectivity index (χ0) is 20.6. The lowest BCUT2D eigenvalue weighted by atomic mass is 10.1. The summed E-state index contributed by atoms with van der Waals surface area (Å²) < 4.78 is 18.5. The Hall–Kier alpha value is -2.83. The first-order chi connectivity index (χ1) is 14.0. The van der Waals surface area contributed by atoms with Crippen LogP contribution < -0.4 is 5.32 Å². The number of carbonyl (C=O) groups excluding carboxylic acids is 2. The third kappa shape index (κ3) is 6.34. The molecule has 1 N–H and O–H groups in total. The van der Waals surface area contributed by atoms with Crippen molar-refractivity contribution < 1.29 is 18.7 Å². The second kappa shape index (κ2) is 10.1. The summed E-state index contributed by atoms with van der Waals surface area (Å²) in [5, 5.41) is 3.26. The molecular formula is C22H17ClFNO3S. The van der Waals surface area contributed by atoms with Gasteiger partial charge in [0.05, 0.1) is 5.75 Å². The van der Waals surface area contributed by atoms with E-state index in [0.717, 1.165) is 4.90 Å². The molecule has 0 aliphatic heterocycles. The van der Waals surface area contributed by atoms with E-state index in [0.29, 0.717) is 16.3 Å². The van der Waals surface area contributed by atoms with Crippen molar-refractivity contribution in [2.45, 2.75) is 11.0 Å². The fourth-order valence-electron chi connectivity index (χ4n) is 2.48. The Balaban J connectivity index is 1.68. The monoisotopic (exact) mass is 429 g/mol. The van der Waals surface area contributed by atoms with Crippen LogP contribution in [-0.2, 0) is 14.3 Å². The predicted octanol–water partition coefficient (Wildman–Crippen LogP) is 5.49. The first kappa shape index (κ1) is 20.9. The third-order valence-electron chi connectivity index (χ3n) is 3.87. The summed E-state index contributed by atoms with van der Waals surface area (Å²) in [4.78, 5) is 26.0. The zero-order valence-corrected chi connectivity index (χ0v) is 16.8. The van der Waals surface area contributed by atoms with E-state index in [-0.39, 0.29) is 5.75 Å². The van der Waals surface area contributed by atoms with Crippen molar-refractivity contribution in [1.82, 2.24) is 0 Å². The Morgan fingerprint density at radius 3 is 2.28 bits per heavy atom. The van der Waals surface area contributed by atoms with Crippen molar-refractivity contribution in [2.75, 3.05) is 11.1 Å². The lowest BCUT2D eigenvalue weighted by Crippen LogP contribution is -2.26. The summed E-state index contributed by atoms with van der Waals surface area (Å²) in [6.07, 6.45) is -1.13. The Bertz CT molecular complexity index is 966. The highest BCUT2D eigenvalue weighted by molar-refractivity contribution is 8.00. The number of ether oxygens (including phenoxy) is 1. The maximum absolute atomic E-state index is 13.1. The van der Waals surface area contributed by atoms with Crippen molar-refractivity contribution in [2.24, 2.45) is 0 Å². The minimum atomic E-state index is -1.13. The highest BCUT2D eigenvalue weighted by Crippen LogP contribution is 2.24. The van der Waals surface area contributed by atoms with Crippen LogP contribution in [0.15, 0.2) is 83.8 Å². The largest absolute Gasteiger partial charge is 0.447 e. The number of carbonyl (C=O) groups is 2. The van der Waals surface area contributed by atoms with Crippen molar-refractivity contribution in [3.05, 3.63) is 95.3 Å². The maximum atomic E-state index is 13.1. The molecule has 0 heterocycles. The van der Waals surface area contributed by atoms with E-state index in [1.54, 1.807) is 54.6 Å². The molecule has 3 aromatic rings. The lowest BCUT2D eigenvalue weighted by Gasteiger charge is -2.18. The quantitative estimate of drug-likeness (QED) is 0.398. The Labute approximate surface area is 177 Å². The average Bonchev–Trinajstić information content (AvgIpc) is 2.74. The Morgan fingerprint density at radius 2 is 1.62 bits per heavy atom. The molecule has 1 atom stereocenters. The van der Waals surface area contributed by atoms with Gasteiger partial charge in [0.1, 0.15) is 5.82 Å². The minimum absolute atomic E-state index is 0.0365. The van der Waals surface area contributed by atoms with Gasteiger partial charge in [-0.3, -0.25) is 9.59 Å². The van der Waals surface area contributed by atoms with Gasteiger partial charge < -0.3 is 10.1 Å². The van der Waals surface area contributed by atoms with E-state index in [1.165, 1.54) is 36.0 Å². The molecule has 1 unspecified atom stereocenters. The number of hydrogen-bond donors (Lipinski definition) is 1. The van der Waals surface area contributed by atoms with Crippen LogP contribution in [-0.4, -0.2) is 17.6 Å². The second-order valence-corrected chi connectivity index (χ2v) is 7.50. The minimum Gasteiger partial charge on any atom is -0.447 e. The Morgan fingerprint density at radius 1 is 0.966 bits per heavy atom. The number of anilines is 1. The van der Waals surface area contributed by atoms with E-state index in [1.807, 2.05) is 0 Å². The third-order valence-corrected chi connectivity index (χ3v) is 5.11. The highest BCUT2D eigenvalue weighted by Gasteiger charge is 2.25. The van der Waals surface area contributed by atoms with Gasteiger partial charge in [-0.2, -0.15) is 0 Å². The molecule has 4 nitrogen and oxygen atoms in total. The van der Waals surface area contributed by atoms with E-state index >= 15 is 0 Å². The number of halogens is 2. The van der Waals surface area contributed by atoms with Crippen LogP contribution in [0.25, 0.3) is 0 Å². The van der Waals surface area contributed by atoms with E-state index in [4.69, 9.17) is 16.3 Å². The number of amides is 1. The molecular weight excluding hydrogens is 413 g/mol. The van der Waals surface area contributed by atoms with Crippen LogP contribution in [0, 0.1) is 5.82 Å². The fraction of sp³-hybridized carbons (Fsp3) is 0.0909. The van der Waals surface area contributed by atoms with Gasteiger partial charge in [0, 0.05) is 21.2 Å². The molecule has 0 saturated carbocycles. The topological polar surface area (TPSA) is 55.4 Å². The van der Waals surface area contributed by atoms with Gasteiger partial charge in [-0.05, 0) is 48.5 Å². The van der Waals surface area contributed by atoms with Gasteiger partial charge in [-0.15, -0.1) is 11.8 Å². The molecule has 1 amide bonds. The van der Waals surface area contributed by atoms with E-state index in [2.05, 4.69) is 5.32 Å². The van der Waals surface area contributed by atoms with E-state index in [9.17, 15) is 14.0 Å². The smallest absolute Gasteiger partial charge is 0.317 e. The van der Waals surface area contributed by atoms with Crippen LogP contribution in [0.4, 0.5) is 10.1 Å². The van der Waals surface area contributed by atoms with Crippen molar-refractivity contribution in [1.29, 1.82) is 0 Å². The summed E-state index contributed by atoms with van der Waals surface area (Å²) >= 11 is 7.14. The van der Waals surface area contributed by atoms with Gasteiger partial charge in [-0.25, -0.2) is 4.39 Å². The molecule has 0 radical (unpaired) electrons. The highest BCUT2D eigenvalue weighted by atomic mass is 35.5. The second-order valence-electron chi connectivity index (χ2n) is 6.02. The molecule has 0 saturated heterocycles. The average molecular weight is 430 g/mol. The predicted molar refractivity (Wildman–Crippen MR) is 112 cm³/mol. The molecule has 29 heavy (non-hydrogen) atoms. The Kier molecular flexibility index (Phi) is 7.27. The normalized spacial score (nSPS) is 11.5. The molecule has 148 valence electrons. The summed E-state index contributed by atoms with van der Waals surface area (Å²) in [6, 6.07) is 21.1. The number of thioether (sulfide) groups is 1. The molecule has 0 fully saturated rings. The van der Waals surface area contributed by atoms with Gasteiger partial charge in [0.2, 0.25) is 6.10 Å². The molecule has 7 heteroatoms. The van der Waals surface area contributed by atoms with E-state index < -0.39 is 23.8 Å². The first-order valence-electron chi connectivity index (χ1n) is 8.70. The zero-order valence-electron chi connectivity index (χ0n) is 15.2. The molecule has 3 aromatic carbocycles. The molecule has 0 spiro atoms. The standard InChI is InChI=1S/C22H17ClFNO3S/c23-16-6-12-19(13-7-16)29-14-20(26)28-21(15-4-2-1-3-5-15)22(27)25-18-10-8-17(24)9-11-18/h1-13,21H,14H2,(H,25,27). The number of benzene rings is 3. The van der Waals surface area contributed by atoms with Crippen LogP contribution >= 0.6 is 23.4 Å². The van der Waals surface area contributed by atoms with Crippen LogP contribution in [0.1, 0.15) is 11.7 Å². The molecule has 0 bridgehead atoms. The first-order valence-corrected chi connectivity index (χ1v) is 10.1. The number of esters is 1. The molecule has 0 aliphatic rings.